The van der Waals surface area contributed by atoms with Crippen LogP contribution in [0, 0.1) is 0 Å². The number of rotatable bonds is 5. The maximum Gasteiger partial charge on any atom is 0.189 e. The van der Waals surface area contributed by atoms with Crippen LogP contribution in [0.2, 0.25) is 4.34 Å². The highest BCUT2D eigenvalue weighted by molar-refractivity contribution is 7.92. The molecular weight excluding hydrogens is 320 g/mol. The van der Waals surface area contributed by atoms with Crippen molar-refractivity contribution in [1.82, 2.24) is 0 Å². The minimum atomic E-state index is -3.75. The van der Waals surface area contributed by atoms with Crippen molar-refractivity contribution in [1.29, 1.82) is 0 Å². The molecular formula is C13H11ClO4S2. The third-order valence-electron chi connectivity index (χ3n) is 2.57. The van der Waals surface area contributed by atoms with Crippen LogP contribution >= 0.6 is 22.9 Å². The van der Waals surface area contributed by atoms with Crippen LogP contribution in [-0.2, 0) is 9.84 Å². The lowest BCUT2D eigenvalue weighted by Crippen LogP contribution is -2.16. The molecule has 0 radical (unpaired) electrons. The molecule has 0 unspecified atom stereocenters. The van der Waals surface area contributed by atoms with E-state index in [1.807, 2.05) is 0 Å². The fraction of sp³-hybridized carbons (Fsp3) is 0.154. The molecule has 0 saturated carbocycles. The van der Waals surface area contributed by atoms with Crippen molar-refractivity contribution in [2.75, 3.05) is 12.9 Å². The summed E-state index contributed by atoms with van der Waals surface area (Å²) in [6.45, 7) is 0. The molecule has 7 heteroatoms. The number of Topliss-reactive ketones (excluding diaryl/α,β-unsaturated/α-hetero) is 1. The number of benzene rings is 1. The second kappa shape index (κ2) is 5.95. The molecule has 0 aliphatic carbocycles. The highest BCUT2D eigenvalue weighted by Gasteiger charge is 2.24. The van der Waals surface area contributed by atoms with E-state index in [1.165, 1.54) is 19.2 Å². The van der Waals surface area contributed by atoms with E-state index in [-0.39, 0.29) is 10.6 Å². The first kappa shape index (κ1) is 15.0. The first-order valence-corrected chi connectivity index (χ1v) is 8.43. The lowest BCUT2D eigenvalue weighted by atomic mass is 10.3. The number of halogens is 1. The molecule has 20 heavy (non-hydrogen) atoms. The van der Waals surface area contributed by atoms with Gasteiger partial charge in [-0.05, 0) is 24.3 Å². The number of methoxy groups -OCH3 is 1. The fourth-order valence-electron chi connectivity index (χ4n) is 1.66. The van der Waals surface area contributed by atoms with Crippen molar-refractivity contribution in [3.05, 3.63) is 45.6 Å². The van der Waals surface area contributed by atoms with Gasteiger partial charge in [-0.3, -0.25) is 4.79 Å². The summed E-state index contributed by atoms with van der Waals surface area (Å²) < 4.78 is 30.0. The zero-order chi connectivity index (χ0) is 14.8. The van der Waals surface area contributed by atoms with Crippen LogP contribution in [0.3, 0.4) is 0 Å². The van der Waals surface area contributed by atoms with E-state index in [2.05, 4.69) is 0 Å². The van der Waals surface area contributed by atoms with Gasteiger partial charge in [0, 0.05) is 0 Å². The van der Waals surface area contributed by atoms with Gasteiger partial charge in [-0.2, -0.15) is 0 Å². The van der Waals surface area contributed by atoms with E-state index < -0.39 is 21.4 Å². The van der Waals surface area contributed by atoms with Gasteiger partial charge in [0.25, 0.3) is 0 Å². The average Bonchev–Trinajstić information content (AvgIpc) is 2.85. The summed E-state index contributed by atoms with van der Waals surface area (Å²) in [6.07, 6.45) is 0. The topological polar surface area (TPSA) is 60.4 Å². The molecule has 2 rings (SSSR count). The van der Waals surface area contributed by atoms with Gasteiger partial charge in [-0.1, -0.05) is 23.7 Å². The molecule has 0 aliphatic heterocycles. The quantitative estimate of drug-likeness (QED) is 0.790. The second-order valence-electron chi connectivity index (χ2n) is 3.94. The smallest absolute Gasteiger partial charge is 0.189 e. The van der Waals surface area contributed by atoms with Gasteiger partial charge in [-0.25, -0.2) is 8.42 Å². The maximum atomic E-state index is 12.3. The van der Waals surface area contributed by atoms with E-state index in [1.54, 1.807) is 24.3 Å². The number of ketones is 1. The SMILES string of the molecule is COc1ccccc1S(=O)(=O)CC(=O)c1ccc(Cl)s1. The van der Waals surface area contributed by atoms with Crippen molar-refractivity contribution >= 4 is 38.6 Å². The van der Waals surface area contributed by atoms with Gasteiger partial charge in [0.2, 0.25) is 0 Å². The van der Waals surface area contributed by atoms with Gasteiger partial charge in [-0.15, -0.1) is 11.3 Å². The molecule has 4 nitrogen and oxygen atoms in total. The lowest BCUT2D eigenvalue weighted by molar-refractivity contribution is 0.102. The van der Waals surface area contributed by atoms with Gasteiger partial charge in [0.15, 0.2) is 15.6 Å². The van der Waals surface area contributed by atoms with Crippen molar-refractivity contribution in [3.8, 4) is 5.75 Å². The summed E-state index contributed by atoms with van der Waals surface area (Å²) in [5.74, 6) is -0.859. The normalized spacial score (nSPS) is 11.3. The Morgan fingerprint density at radius 2 is 1.95 bits per heavy atom. The highest BCUT2D eigenvalue weighted by Crippen LogP contribution is 2.26. The molecule has 0 N–H and O–H groups in total. The first-order chi connectivity index (χ1) is 9.44. The van der Waals surface area contributed by atoms with Crippen LogP contribution in [-0.4, -0.2) is 27.1 Å². The first-order valence-electron chi connectivity index (χ1n) is 5.58. The molecule has 1 heterocycles. The Kier molecular flexibility index (Phi) is 4.47. The number of para-hydroxylation sites is 1. The van der Waals surface area contributed by atoms with Gasteiger partial charge >= 0.3 is 0 Å². The zero-order valence-corrected chi connectivity index (χ0v) is 12.9. The Balaban J connectivity index is 2.30. The van der Waals surface area contributed by atoms with E-state index in [0.717, 1.165) is 11.3 Å². The maximum absolute atomic E-state index is 12.3. The molecule has 0 bridgehead atoms. The van der Waals surface area contributed by atoms with Gasteiger partial charge < -0.3 is 4.74 Å². The minimum absolute atomic E-state index is 0.0125. The average molecular weight is 331 g/mol. The Labute approximate surface area is 125 Å². The predicted molar refractivity (Wildman–Crippen MR) is 78.7 cm³/mol. The summed E-state index contributed by atoms with van der Waals surface area (Å²) in [5, 5.41) is 0. The van der Waals surface area contributed by atoms with Gasteiger partial charge in [0.05, 0.1) is 16.3 Å². The number of thiophene rings is 1. The second-order valence-corrected chi connectivity index (χ2v) is 7.61. The van der Waals surface area contributed by atoms with Crippen LogP contribution in [0.5, 0.6) is 5.75 Å². The van der Waals surface area contributed by atoms with Crippen molar-refractivity contribution in [2.24, 2.45) is 0 Å². The predicted octanol–water partition coefficient (Wildman–Crippen LogP) is 3.07. The molecule has 0 amide bonds. The number of carbonyl (C=O) groups is 1. The van der Waals surface area contributed by atoms with Crippen LogP contribution < -0.4 is 4.74 Å². The number of ether oxygens (including phenoxy) is 1. The van der Waals surface area contributed by atoms with E-state index in [4.69, 9.17) is 16.3 Å². The van der Waals surface area contributed by atoms with E-state index in [0.29, 0.717) is 9.21 Å². The molecule has 0 saturated heterocycles. The lowest BCUT2D eigenvalue weighted by Gasteiger charge is -2.08. The van der Waals surface area contributed by atoms with E-state index >= 15 is 0 Å². The summed E-state index contributed by atoms with van der Waals surface area (Å²) in [4.78, 5) is 12.3. The highest BCUT2D eigenvalue weighted by atomic mass is 35.5. The van der Waals surface area contributed by atoms with Crippen molar-refractivity contribution in [3.63, 3.8) is 0 Å². The van der Waals surface area contributed by atoms with Crippen LogP contribution in [0.1, 0.15) is 9.67 Å². The van der Waals surface area contributed by atoms with Crippen LogP contribution in [0.15, 0.2) is 41.3 Å². The molecule has 106 valence electrons. The molecule has 2 aromatic rings. The van der Waals surface area contributed by atoms with Crippen molar-refractivity contribution < 1.29 is 17.9 Å². The number of hydrogen-bond acceptors (Lipinski definition) is 5. The minimum Gasteiger partial charge on any atom is -0.495 e. The third-order valence-corrected chi connectivity index (χ3v) is 5.50. The summed E-state index contributed by atoms with van der Waals surface area (Å²) in [6, 6.07) is 9.30. The van der Waals surface area contributed by atoms with Crippen LogP contribution in [0.25, 0.3) is 0 Å². The summed E-state index contributed by atoms with van der Waals surface area (Å²) in [5.41, 5.74) is 0. The Morgan fingerprint density at radius 3 is 2.55 bits per heavy atom. The van der Waals surface area contributed by atoms with E-state index in [9.17, 15) is 13.2 Å². The summed E-state index contributed by atoms with van der Waals surface area (Å²) in [7, 11) is -2.37. The monoisotopic (exact) mass is 330 g/mol. The van der Waals surface area contributed by atoms with Gasteiger partial charge in [0.1, 0.15) is 16.4 Å². The number of hydrogen-bond donors (Lipinski definition) is 0. The third kappa shape index (κ3) is 3.20. The number of carbonyl (C=O) groups excluding carboxylic acids is 1. The van der Waals surface area contributed by atoms with Crippen LogP contribution in [0.4, 0.5) is 0 Å². The Hall–Kier alpha value is -1.37. The standard InChI is InChI=1S/C13H11ClO4S2/c1-18-10-4-2-3-5-12(10)20(16,17)8-9(15)11-6-7-13(14)19-11/h2-7H,8H2,1H3. The largest absolute Gasteiger partial charge is 0.495 e. The number of sulfone groups is 1. The summed E-state index contributed by atoms with van der Waals surface area (Å²) >= 11 is 6.80. The molecule has 1 aromatic heterocycles. The Morgan fingerprint density at radius 1 is 1.25 bits per heavy atom. The Bertz CT molecular complexity index is 734. The molecule has 1 aromatic carbocycles. The molecule has 0 aliphatic rings. The zero-order valence-electron chi connectivity index (χ0n) is 10.5. The molecule has 0 spiro atoms. The van der Waals surface area contributed by atoms with Crippen molar-refractivity contribution in [2.45, 2.75) is 4.90 Å². The fourth-order valence-corrected chi connectivity index (χ4v) is 4.13. The molecule has 0 fully saturated rings. The molecule has 0 atom stereocenters.